The number of halogens is 1. The van der Waals surface area contributed by atoms with E-state index in [4.69, 9.17) is 15.2 Å². The molecule has 5 rings (SSSR count). The van der Waals surface area contributed by atoms with Crippen LogP contribution in [-0.2, 0) is 9.53 Å². The van der Waals surface area contributed by atoms with Crippen LogP contribution in [0.25, 0.3) is 0 Å². The number of hydrazine groups is 1. The molecule has 3 aliphatic rings. The van der Waals surface area contributed by atoms with Crippen LogP contribution in [0.4, 0.5) is 9.18 Å². The molecule has 9 heteroatoms. The van der Waals surface area contributed by atoms with E-state index in [2.05, 4.69) is 0 Å². The molecule has 0 saturated carbocycles. The van der Waals surface area contributed by atoms with Crippen LogP contribution in [0.15, 0.2) is 48.5 Å². The van der Waals surface area contributed by atoms with Gasteiger partial charge in [0, 0.05) is 24.6 Å². The number of primary amides is 1. The lowest BCUT2D eigenvalue weighted by atomic mass is 9.84. The minimum atomic E-state index is -0.887. The molecule has 8 nitrogen and oxygen atoms in total. The fraction of sp³-hybridized carbons (Fsp3) is 0.417. The van der Waals surface area contributed by atoms with Crippen LogP contribution >= 0.6 is 0 Å². The van der Waals surface area contributed by atoms with Gasteiger partial charge in [0.1, 0.15) is 11.6 Å². The van der Waals surface area contributed by atoms with Crippen molar-refractivity contribution in [1.82, 2.24) is 14.9 Å². The number of hydrogen-bond donors (Lipinski definition) is 1. The zero-order valence-corrected chi connectivity index (χ0v) is 18.4. The summed E-state index contributed by atoms with van der Waals surface area (Å²) >= 11 is 0. The molecular formula is C24H27FN4O4. The number of hydrogen-bond acceptors (Lipinski definition) is 6. The molecule has 174 valence electrons. The monoisotopic (exact) mass is 454 g/mol. The quantitative estimate of drug-likeness (QED) is 0.765. The molecule has 2 unspecified atom stereocenters. The summed E-state index contributed by atoms with van der Waals surface area (Å²) in [5.74, 6) is -0.721. The third-order valence-electron chi connectivity index (χ3n) is 6.82. The number of amides is 2. The van der Waals surface area contributed by atoms with Gasteiger partial charge in [0.2, 0.25) is 0 Å². The molecule has 2 aromatic rings. The summed E-state index contributed by atoms with van der Waals surface area (Å²) in [5.41, 5.74) is 7.41. The van der Waals surface area contributed by atoms with Crippen LogP contribution in [0.5, 0.6) is 5.75 Å². The Bertz CT molecular complexity index is 1050. The van der Waals surface area contributed by atoms with Gasteiger partial charge in [-0.15, -0.1) is 0 Å². The third kappa shape index (κ3) is 3.61. The molecule has 0 aliphatic carbocycles. The highest BCUT2D eigenvalue weighted by Gasteiger charge is 2.58. The second-order valence-corrected chi connectivity index (χ2v) is 8.67. The van der Waals surface area contributed by atoms with Crippen molar-refractivity contribution in [2.75, 3.05) is 26.8 Å². The van der Waals surface area contributed by atoms with E-state index in [9.17, 15) is 14.0 Å². The molecule has 0 bridgehead atoms. The zero-order chi connectivity index (χ0) is 23.1. The molecule has 3 heterocycles. The molecule has 3 aliphatic heterocycles. The van der Waals surface area contributed by atoms with Gasteiger partial charge in [-0.1, -0.05) is 30.3 Å². The Hall–Kier alpha value is -3.17. The number of rotatable bonds is 4. The lowest BCUT2D eigenvalue weighted by Crippen LogP contribution is -2.60. The predicted octanol–water partition coefficient (Wildman–Crippen LogP) is 2.82. The van der Waals surface area contributed by atoms with Crippen LogP contribution in [0.1, 0.15) is 36.1 Å². The number of methoxy groups -OCH3 is 1. The first-order valence-electron chi connectivity index (χ1n) is 11.2. The van der Waals surface area contributed by atoms with E-state index >= 15 is 0 Å². The summed E-state index contributed by atoms with van der Waals surface area (Å²) < 4.78 is 25.6. The topological polar surface area (TPSA) is 88.3 Å². The predicted molar refractivity (Wildman–Crippen MR) is 117 cm³/mol. The van der Waals surface area contributed by atoms with Crippen LogP contribution in [0.3, 0.4) is 0 Å². The Morgan fingerprint density at radius 2 is 1.85 bits per heavy atom. The summed E-state index contributed by atoms with van der Waals surface area (Å²) in [6.07, 6.45) is 0.365. The van der Waals surface area contributed by atoms with Crippen molar-refractivity contribution < 1.29 is 23.5 Å². The molecule has 2 amide bonds. The van der Waals surface area contributed by atoms with Crippen molar-refractivity contribution in [3.63, 3.8) is 0 Å². The molecule has 0 aromatic heterocycles. The minimum absolute atomic E-state index is 0.273. The number of nitrogens with zero attached hydrogens (tertiary/aromatic N) is 3. The van der Waals surface area contributed by atoms with Gasteiger partial charge in [-0.25, -0.2) is 14.2 Å². The third-order valence-corrected chi connectivity index (χ3v) is 6.82. The highest BCUT2D eigenvalue weighted by molar-refractivity contribution is 5.80. The van der Waals surface area contributed by atoms with Crippen molar-refractivity contribution >= 4 is 12.0 Å². The summed E-state index contributed by atoms with van der Waals surface area (Å²) in [7, 11) is 1.31. The van der Waals surface area contributed by atoms with Gasteiger partial charge < -0.3 is 15.2 Å². The van der Waals surface area contributed by atoms with Crippen LogP contribution in [-0.4, -0.2) is 59.9 Å². The Morgan fingerprint density at radius 1 is 1.12 bits per heavy atom. The SMILES string of the molecule is COC(=O)N1[C@H](c2ccccc2)[C@@H]2COc3ccc(F)cc3C2N1C(C(N)=O)N1CCCC1. The summed E-state index contributed by atoms with van der Waals surface area (Å²) in [6.45, 7) is 1.65. The van der Waals surface area contributed by atoms with Crippen LogP contribution in [0.2, 0.25) is 0 Å². The van der Waals surface area contributed by atoms with E-state index in [0.29, 0.717) is 31.0 Å². The molecular weight excluding hydrogens is 427 g/mol. The molecule has 2 fully saturated rings. The maximum absolute atomic E-state index is 14.4. The Morgan fingerprint density at radius 3 is 2.52 bits per heavy atom. The molecule has 0 radical (unpaired) electrons. The van der Waals surface area contributed by atoms with E-state index in [1.54, 1.807) is 11.1 Å². The van der Waals surface area contributed by atoms with Crippen molar-refractivity contribution in [3.05, 3.63) is 65.5 Å². The number of carbonyl (C=O) groups is 2. The second kappa shape index (κ2) is 8.64. The van der Waals surface area contributed by atoms with Crippen molar-refractivity contribution in [1.29, 1.82) is 0 Å². The molecule has 33 heavy (non-hydrogen) atoms. The van der Waals surface area contributed by atoms with E-state index in [0.717, 1.165) is 18.4 Å². The lowest BCUT2D eigenvalue weighted by molar-refractivity contribution is -0.146. The Labute approximate surface area is 191 Å². The van der Waals surface area contributed by atoms with Gasteiger partial charge in [-0.05, 0) is 36.6 Å². The summed E-state index contributed by atoms with van der Waals surface area (Å²) in [6, 6.07) is 12.9. The minimum Gasteiger partial charge on any atom is -0.493 e. The van der Waals surface area contributed by atoms with E-state index in [-0.39, 0.29) is 5.92 Å². The zero-order valence-electron chi connectivity index (χ0n) is 18.4. The van der Waals surface area contributed by atoms with Gasteiger partial charge in [0.15, 0.2) is 6.17 Å². The van der Waals surface area contributed by atoms with E-state index in [1.807, 2.05) is 35.2 Å². The first kappa shape index (κ1) is 21.7. The molecule has 2 saturated heterocycles. The van der Waals surface area contributed by atoms with Crippen molar-refractivity contribution in [2.45, 2.75) is 31.1 Å². The van der Waals surface area contributed by atoms with E-state index in [1.165, 1.54) is 24.3 Å². The first-order chi connectivity index (χ1) is 16.0. The second-order valence-electron chi connectivity index (χ2n) is 8.67. The number of fused-ring (bicyclic) bond motifs is 3. The van der Waals surface area contributed by atoms with Gasteiger partial charge in [-0.2, -0.15) is 5.01 Å². The Kier molecular flexibility index (Phi) is 5.67. The standard InChI is InChI=1S/C24H27FN4O4/c1-32-24(31)29-20(15-7-3-2-4-8-15)18-14-33-19-10-9-16(25)13-17(19)21(18)28(29)23(22(26)30)27-11-5-6-12-27/h2-4,7-10,13,18,20-21,23H,5-6,11-12,14H2,1H3,(H2,26,30)/t18-,20+,21?,23?/m0/s1. The smallest absolute Gasteiger partial charge is 0.424 e. The fourth-order valence-corrected chi connectivity index (χ4v) is 5.52. The maximum atomic E-state index is 14.4. The summed E-state index contributed by atoms with van der Waals surface area (Å²) in [4.78, 5) is 28.1. The maximum Gasteiger partial charge on any atom is 0.424 e. The normalized spacial score (nSPS) is 25.8. The molecule has 0 spiro atoms. The van der Waals surface area contributed by atoms with Gasteiger partial charge >= 0.3 is 6.09 Å². The van der Waals surface area contributed by atoms with Crippen LogP contribution < -0.4 is 10.5 Å². The van der Waals surface area contributed by atoms with Gasteiger partial charge in [-0.3, -0.25) is 9.69 Å². The Balaban J connectivity index is 1.72. The largest absolute Gasteiger partial charge is 0.493 e. The van der Waals surface area contributed by atoms with Crippen molar-refractivity contribution in [3.8, 4) is 5.75 Å². The summed E-state index contributed by atoms with van der Waals surface area (Å²) in [5, 5.41) is 3.20. The highest BCUT2D eigenvalue weighted by Crippen LogP contribution is 2.54. The van der Waals surface area contributed by atoms with Gasteiger partial charge in [0.25, 0.3) is 5.91 Å². The van der Waals surface area contributed by atoms with E-state index < -0.39 is 36.1 Å². The number of ether oxygens (including phenoxy) is 2. The fourth-order valence-electron chi connectivity index (χ4n) is 5.52. The first-order valence-corrected chi connectivity index (χ1v) is 11.2. The lowest BCUT2D eigenvalue weighted by Gasteiger charge is -2.42. The molecule has 4 atom stereocenters. The molecule has 2 aromatic carbocycles. The van der Waals surface area contributed by atoms with Crippen molar-refractivity contribution in [2.24, 2.45) is 11.7 Å². The number of likely N-dealkylation sites (tertiary alicyclic amines) is 1. The average molecular weight is 455 g/mol. The highest BCUT2D eigenvalue weighted by atomic mass is 19.1. The number of carbonyl (C=O) groups excluding carboxylic acids is 2. The molecule has 2 N–H and O–H groups in total. The van der Waals surface area contributed by atoms with Gasteiger partial charge in [0.05, 0.1) is 25.8 Å². The van der Waals surface area contributed by atoms with Crippen LogP contribution in [0, 0.1) is 11.7 Å². The average Bonchev–Trinajstić information content (AvgIpc) is 3.46. The number of nitrogens with two attached hydrogens (primary N) is 1. The number of benzene rings is 2.